The third-order valence-electron chi connectivity index (χ3n) is 4.22. The van der Waals surface area contributed by atoms with E-state index >= 15 is 0 Å². The van der Waals surface area contributed by atoms with E-state index in [1.165, 1.54) is 23.3 Å². The highest BCUT2D eigenvalue weighted by Gasteiger charge is 2.32. The number of aromatic nitrogens is 1. The van der Waals surface area contributed by atoms with Crippen molar-refractivity contribution < 1.29 is 9.53 Å². The Morgan fingerprint density at radius 3 is 2.59 bits per heavy atom. The van der Waals surface area contributed by atoms with Crippen LogP contribution in [0.1, 0.15) is 32.0 Å². The van der Waals surface area contributed by atoms with Crippen LogP contribution in [-0.2, 0) is 9.53 Å². The van der Waals surface area contributed by atoms with Gasteiger partial charge in [-0.25, -0.2) is 0 Å². The fraction of sp³-hybridized carbons (Fsp3) is 0.286. The van der Waals surface area contributed by atoms with Crippen LogP contribution < -0.4 is 0 Å². The summed E-state index contributed by atoms with van der Waals surface area (Å²) in [7, 11) is 0. The summed E-state index contributed by atoms with van der Waals surface area (Å²) in [5, 5.41) is 10.2. The topological polar surface area (TPSA) is 63.0 Å². The van der Waals surface area contributed by atoms with E-state index in [2.05, 4.69) is 16.5 Å². The van der Waals surface area contributed by atoms with E-state index in [4.69, 9.17) is 10.00 Å². The molecule has 0 spiro atoms. The van der Waals surface area contributed by atoms with Crippen molar-refractivity contribution in [2.24, 2.45) is 0 Å². The first kappa shape index (κ1) is 19.4. The molecule has 0 amide bonds. The molecule has 4 nitrogen and oxygen atoms in total. The Hall–Kier alpha value is -2.36. The molecule has 6 heteroatoms. The number of esters is 1. The third kappa shape index (κ3) is 3.85. The number of thioether (sulfide) groups is 1. The van der Waals surface area contributed by atoms with Crippen LogP contribution in [0.25, 0.3) is 21.2 Å². The highest BCUT2D eigenvalue weighted by Crippen LogP contribution is 2.44. The molecule has 0 N–H and O–H groups in total. The predicted octanol–water partition coefficient (Wildman–Crippen LogP) is 5.58. The molecule has 0 saturated carbocycles. The number of fused-ring (bicyclic) bond motifs is 1. The summed E-state index contributed by atoms with van der Waals surface area (Å²) in [5.74, 6) is -0.235. The lowest BCUT2D eigenvalue weighted by atomic mass is 10.0. The minimum Gasteiger partial charge on any atom is -0.465 e. The molecule has 0 atom stereocenters. The summed E-state index contributed by atoms with van der Waals surface area (Å²) >= 11 is 2.95. The fourth-order valence-corrected chi connectivity index (χ4v) is 4.97. The Balaban J connectivity index is 2.15. The molecule has 0 aliphatic rings. The van der Waals surface area contributed by atoms with Crippen LogP contribution >= 0.6 is 23.3 Å². The highest BCUT2D eigenvalue weighted by molar-refractivity contribution is 8.01. The zero-order chi connectivity index (χ0) is 19.6. The number of nitriles is 1. The molecule has 27 heavy (non-hydrogen) atoms. The van der Waals surface area contributed by atoms with E-state index in [9.17, 15) is 4.79 Å². The van der Waals surface area contributed by atoms with E-state index in [0.29, 0.717) is 12.2 Å². The Morgan fingerprint density at radius 2 is 1.96 bits per heavy atom. The van der Waals surface area contributed by atoms with Crippen molar-refractivity contribution >= 4 is 39.3 Å². The Kier molecular flexibility index (Phi) is 5.54. The van der Waals surface area contributed by atoms with Crippen LogP contribution in [0.5, 0.6) is 0 Å². The zero-order valence-corrected chi connectivity index (χ0v) is 17.3. The normalized spacial score (nSPS) is 11.4. The van der Waals surface area contributed by atoms with E-state index in [0.717, 1.165) is 31.8 Å². The summed E-state index contributed by atoms with van der Waals surface area (Å²) < 4.78 is 10.1. The summed E-state index contributed by atoms with van der Waals surface area (Å²) in [6.07, 6.45) is 0. The maximum absolute atomic E-state index is 12.4. The van der Waals surface area contributed by atoms with Gasteiger partial charge in [-0.05, 0) is 63.0 Å². The molecule has 0 bridgehead atoms. The van der Waals surface area contributed by atoms with Gasteiger partial charge in [0.05, 0.1) is 28.6 Å². The minimum absolute atomic E-state index is 0.235. The lowest BCUT2D eigenvalue weighted by Gasteiger charge is -2.23. The number of carbonyl (C=O) groups excluding carboxylic acids is 1. The van der Waals surface area contributed by atoms with Crippen LogP contribution in [0.2, 0.25) is 0 Å². The minimum atomic E-state index is -0.717. The second-order valence-corrected chi connectivity index (χ2v) is 9.04. The molecule has 0 fully saturated rings. The first-order chi connectivity index (χ1) is 12.9. The molecular formula is C21H20N2O2S2. The number of carbonyl (C=O) groups is 1. The lowest BCUT2D eigenvalue weighted by molar-refractivity contribution is -0.145. The summed E-state index contributed by atoms with van der Waals surface area (Å²) in [6, 6.07) is 13.8. The van der Waals surface area contributed by atoms with Gasteiger partial charge in [-0.3, -0.25) is 4.79 Å². The first-order valence-corrected chi connectivity index (χ1v) is 10.2. The molecule has 0 saturated heterocycles. The van der Waals surface area contributed by atoms with Crippen LogP contribution in [-0.4, -0.2) is 21.7 Å². The van der Waals surface area contributed by atoms with Crippen LogP contribution in [0.3, 0.4) is 0 Å². The monoisotopic (exact) mass is 396 g/mol. The number of nitrogens with zero attached hydrogens (tertiary/aromatic N) is 2. The number of hydrogen-bond donors (Lipinski definition) is 0. The number of rotatable bonds is 5. The molecule has 2 aromatic carbocycles. The summed E-state index contributed by atoms with van der Waals surface area (Å²) in [4.78, 5) is 13.4. The van der Waals surface area contributed by atoms with Gasteiger partial charge < -0.3 is 4.74 Å². The van der Waals surface area contributed by atoms with Gasteiger partial charge in [0.2, 0.25) is 0 Å². The van der Waals surface area contributed by atoms with Crippen molar-refractivity contribution in [1.29, 1.82) is 5.26 Å². The maximum atomic E-state index is 12.4. The second kappa shape index (κ2) is 7.71. The van der Waals surface area contributed by atoms with Crippen molar-refractivity contribution in [3.63, 3.8) is 0 Å². The lowest BCUT2D eigenvalue weighted by Crippen LogP contribution is -2.30. The number of hydrogen-bond acceptors (Lipinski definition) is 6. The smallest absolute Gasteiger partial charge is 0.321 e. The Morgan fingerprint density at radius 1 is 1.26 bits per heavy atom. The molecule has 1 heterocycles. The average molecular weight is 397 g/mol. The standard InChI is InChI=1S/C21H20N2O2S2/c1-5-25-20(24)21(3,4)26-17-11-10-16-13(2)23-27-19(16)18(17)15-8-6-14(12-22)7-9-15/h6-11H,5H2,1-4H3. The van der Waals surface area contributed by atoms with Gasteiger partial charge in [0.1, 0.15) is 4.75 Å². The van der Waals surface area contributed by atoms with Crippen molar-refractivity contribution in [1.82, 2.24) is 4.37 Å². The SMILES string of the molecule is CCOC(=O)C(C)(C)Sc1ccc2c(C)nsc2c1-c1ccc(C#N)cc1. The van der Waals surface area contributed by atoms with E-state index in [1.54, 1.807) is 0 Å². The summed E-state index contributed by atoms with van der Waals surface area (Å²) in [6.45, 7) is 7.92. The quantitative estimate of drug-likeness (QED) is 0.416. The van der Waals surface area contributed by atoms with Gasteiger partial charge in [0.25, 0.3) is 0 Å². The highest BCUT2D eigenvalue weighted by atomic mass is 32.2. The number of ether oxygens (including phenoxy) is 1. The van der Waals surface area contributed by atoms with Crippen LogP contribution in [0.4, 0.5) is 0 Å². The van der Waals surface area contributed by atoms with Gasteiger partial charge in [0.15, 0.2) is 0 Å². The molecule has 3 aromatic rings. The Bertz CT molecular complexity index is 1030. The largest absolute Gasteiger partial charge is 0.465 e. The van der Waals surface area contributed by atoms with E-state index < -0.39 is 4.75 Å². The predicted molar refractivity (Wildman–Crippen MR) is 111 cm³/mol. The van der Waals surface area contributed by atoms with Gasteiger partial charge in [-0.2, -0.15) is 9.64 Å². The fourth-order valence-electron chi connectivity index (χ4n) is 2.80. The van der Waals surface area contributed by atoms with Crippen LogP contribution in [0, 0.1) is 18.3 Å². The maximum Gasteiger partial charge on any atom is 0.321 e. The molecule has 0 radical (unpaired) electrons. The second-order valence-electron chi connectivity index (χ2n) is 6.61. The van der Waals surface area contributed by atoms with Crippen molar-refractivity contribution in [2.45, 2.75) is 37.3 Å². The van der Waals surface area contributed by atoms with Gasteiger partial charge >= 0.3 is 5.97 Å². The molecule has 0 aliphatic heterocycles. The molecule has 0 aliphatic carbocycles. The van der Waals surface area contributed by atoms with Crippen molar-refractivity contribution in [3.8, 4) is 17.2 Å². The van der Waals surface area contributed by atoms with E-state index in [1.807, 2.05) is 58.0 Å². The molecule has 0 unspecified atom stereocenters. The summed E-state index contributed by atoms with van der Waals surface area (Å²) in [5.41, 5.74) is 3.66. The zero-order valence-electron chi connectivity index (χ0n) is 15.7. The third-order valence-corrected chi connectivity index (χ3v) is 6.43. The number of aryl methyl sites for hydroxylation is 1. The molecule has 1 aromatic heterocycles. The average Bonchev–Trinajstić information content (AvgIpc) is 3.02. The van der Waals surface area contributed by atoms with Gasteiger partial charge in [-0.15, -0.1) is 11.8 Å². The molecule has 138 valence electrons. The Labute approximate surface area is 167 Å². The van der Waals surface area contributed by atoms with Crippen molar-refractivity contribution in [3.05, 3.63) is 47.7 Å². The number of benzene rings is 2. The van der Waals surface area contributed by atoms with Crippen LogP contribution in [0.15, 0.2) is 41.3 Å². The van der Waals surface area contributed by atoms with E-state index in [-0.39, 0.29) is 5.97 Å². The van der Waals surface area contributed by atoms with Gasteiger partial charge in [0, 0.05) is 15.8 Å². The van der Waals surface area contributed by atoms with Gasteiger partial charge in [-0.1, -0.05) is 18.2 Å². The first-order valence-electron chi connectivity index (χ1n) is 8.63. The van der Waals surface area contributed by atoms with Crippen molar-refractivity contribution in [2.75, 3.05) is 6.61 Å². The molecular weight excluding hydrogens is 376 g/mol. The molecule has 3 rings (SSSR count).